The molecule has 0 unspecified atom stereocenters. The highest BCUT2D eigenvalue weighted by molar-refractivity contribution is 5.81. The molecule has 4 aliphatic carbocycles. The number of allylic oxidation sites excluding steroid dienone is 1. The lowest BCUT2D eigenvalue weighted by atomic mass is 9.47. The number of hydrogen-bond donors (Lipinski definition) is 0. The largest absolute Gasteiger partial charge is 0.482 e. The number of esters is 1. The van der Waals surface area contributed by atoms with E-state index in [1.807, 2.05) is 12.1 Å². The number of ether oxygens (including phenoxy) is 2. The molecule has 0 amide bonds. The molecule has 46 heavy (non-hydrogen) atoms. The van der Waals surface area contributed by atoms with Crippen LogP contribution in [0.15, 0.2) is 45.1 Å². The van der Waals surface area contributed by atoms with Gasteiger partial charge in [0.2, 0.25) is 0 Å². The third-order valence-electron chi connectivity index (χ3n) is 13.2. The fraction of sp³-hybridized carbons (Fsp3) is 0.707. The van der Waals surface area contributed by atoms with Crippen molar-refractivity contribution in [1.82, 2.24) is 0 Å². The predicted octanol–water partition coefficient (Wildman–Crippen LogP) is 10.1. The van der Waals surface area contributed by atoms with Gasteiger partial charge in [-0.3, -0.25) is 0 Å². The van der Waals surface area contributed by atoms with Crippen LogP contribution in [-0.4, -0.2) is 18.7 Å². The molecule has 1 aromatic heterocycles. The summed E-state index contributed by atoms with van der Waals surface area (Å²) in [6, 6.07) is 7.00. The van der Waals surface area contributed by atoms with E-state index >= 15 is 0 Å². The lowest BCUT2D eigenvalue weighted by Crippen LogP contribution is -2.51. The van der Waals surface area contributed by atoms with Gasteiger partial charge in [0.25, 0.3) is 0 Å². The highest BCUT2D eigenvalue weighted by Gasteiger charge is 2.59. The average molecular weight is 631 g/mol. The number of carbonyl (C=O) groups excluding carboxylic acids is 1. The zero-order valence-corrected chi connectivity index (χ0v) is 29.4. The average Bonchev–Trinajstić information content (AvgIpc) is 3.37. The van der Waals surface area contributed by atoms with E-state index in [0.29, 0.717) is 16.7 Å². The van der Waals surface area contributed by atoms with Gasteiger partial charge >= 0.3 is 11.6 Å². The first kappa shape index (κ1) is 33.3. The Labute approximate surface area is 276 Å². The molecule has 0 aliphatic heterocycles. The van der Waals surface area contributed by atoms with Crippen LogP contribution in [0.3, 0.4) is 0 Å². The Kier molecular flexibility index (Phi) is 9.80. The van der Waals surface area contributed by atoms with Crippen molar-refractivity contribution in [1.29, 1.82) is 0 Å². The van der Waals surface area contributed by atoms with Crippen LogP contribution in [0.5, 0.6) is 5.75 Å². The second-order valence-electron chi connectivity index (χ2n) is 16.4. The van der Waals surface area contributed by atoms with Crippen LogP contribution in [0.1, 0.15) is 124 Å². The molecule has 1 heterocycles. The number of carbonyl (C=O) groups is 1. The van der Waals surface area contributed by atoms with E-state index in [-0.39, 0.29) is 29.7 Å². The third-order valence-corrected chi connectivity index (χ3v) is 13.2. The van der Waals surface area contributed by atoms with Gasteiger partial charge < -0.3 is 13.9 Å². The van der Waals surface area contributed by atoms with Gasteiger partial charge in [-0.1, -0.05) is 78.9 Å². The minimum atomic E-state index is -0.364. The molecule has 0 bridgehead atoms. The van der Waals surface area contributed by atoms with Gasteiger partial charge in [-0.25, -0.2) is 9.59 Å². The molecule has 252 valence electrons. The molecule has 0 radical (unpaired) electrons. The normalized spacial score (nSPS) is 32.8. The maximum atomic E-state index is 12.9. The molecule has 0 spiro atoms. The Morgan fingerprint density at radius 2 is 1.85 bits per heavy atom. The molecular formula is C41H58O5. The lowest BCUT2D eigenvalue weighted by Gasteiger charge is -2.58. The Bertz CT molecular complexity index is 1490. The molecule has 1 aromatic carbocycles. The van der Waals surface area contributed by atoms with Gasteiger partial charge in [0.15, 0.2) is 6.61 Å². The number of aryl methyl sites for hydroxylation is 1. The van der Waals surface area contributed by atoms with E-state index < -0.39 is 0 Å². The molecule has 6 rings (SSSR count). The molecule has 3 fully saturated rings. The maximum Gasteiger partial charge on any atom is 0.344 e. The van der Waals surface area contributed by atoms with Crippen molar-refractivity contribution in [2.45, 2.75) is 131 Å². The molecule has 3 saturated carbocycles. The smallest absolute Gasteiger partial charge is 0.344 e. The van der Waals surface area contributed by atoms with E-state index in [9.17, 15) is 9.59 Å². The topological polar surface area (TPSA) is 65.7 Å². The van der Waals surface area contributed by atoms with Crippen molar-refractivity contribution in [2.24, 2.45) is 46.3 Å². The standard InChI is InChI=1S/C41H58O5/c1-7-9-28-22-38(42)46-37-24-30(13-15-32(28)37)44-25-39(43)45-31-18-20-40(5)29(23-31)12-14-33-35-17-16-34(27(4)11-8-10-26(2)3)41(35,6)21-19-36(33)40/h12-13,15,22,24,26-27,31,33-36H,7-11,14,16-21,23,25H2,1-6H3/t27-,31-,33+,34-,35+,36-,40-,41+/m1/s1. The van der Waals surface area contributed by atoms with Gasteiger partial charge in [-0.2, -0.15) is 0 Å². The van der Waals surface area contributed by atoms with Gasteiger partial charge in [0.1, 0.15) is 17.4 Å². The fourth-order valence-electron chi connectivity index (χ4n) is 10.9. The van der Waals surface area contributed by atoms with Crippen molar-refractivity contribution in [3.05, 3.63) is 51.9 Å². The van der Waals surface area contributed by atoms with Gasteiger partial charge in [0, 0.05) is 23.9 Å². The Morgan fingerprint density at radius 3 is 2.63 bits per heavy atom. The van der Waals surface area contributed by atoms with E-state index in [1.54, 1.807) is 12.1 Å². The maximum absolute atomic E-state index is 12.9. The van der Waals surface area contributed by atoms with Crippen molar-refractivity contribution < 1.29 is 18.7 Å². The monoisotopic (exact) mass is 630 g/mol. The first-order chi connectivity index (χ1) is 22.0. The molecule has 0 N–H and O–H groups in total. The summed E-state index contributed by atoms with van der Waals surface area (Å²) in [7, 11) is 0. The van der Waals surface area contributed by atoms with Crippen LogP contribution >= 0.6 is 0 Å². The van der Waals surface area contributed by atoms with Crippen molar-refractivity contribution in [3.8, 4) is 5.75 Å². The molecule has 5 nitrogen and oxygen atoms in total. The minimum Gasteiger partial charge on any atom is -0.482 e. The molecule has 0 saturated heterocycles. The van der Waals surface area contributed by atoms with Crippen LogP contribution in [0.4, 0.5) is 0 Å². The Balaban J connectivity index is 1.05. The minimum absolute atomic E-state index is 0.0883. The second kappa shape index (κ2) is 13.5. The number of rotatable bonds is 11. The Hall–Kier alpha value is -2.56. The van der Waals surface area contributed by atoms with Crippen molar-refractivity contribution in [2.75, 3.05) is 6.61 Å². The summed E-state index contributed by atoms with van der Waals surface area (Å²) >= 11 is 0. The first-order valence-electron chi connectivity index (χ1n) is 18.6. The van der Waals surface area contributed by atoms with E-state index in [0.717, 1.165) is 78.6 Å². The van der Waals surface area contributed by atoms with E-state index in [4.69, 9.17) is 13.9 Å². The molecular weight excluding hydrogens is 572 g/mol. The van der Waals surface area contributed by atoms with Gasteiger partial charge in [-0.15, -0.1) is 0 Å². The predicted molar refractivity (Wildman–Crippen MR) is 185 cm³/mol. The summed E-state index contributed by atoms with van der Waals surface area (Å²) in [5, 5.41) is 0.909. The second-order valence-corrected chi connectivity index (χ2v) is 16.4. The zero-order chi connectivity index (χ0) is 32.6. The zero-order valence-electron chi connectivity index (χ0n) is 29.4. The third kappa shape index (κ3) is 6.46. The molecule has 8 atom stereocenters. The molecule has 5 heteroatoms. The van der Waals surface area contributed by atoms with Crippen LogP contribution in [0.2, 0.25) is 0 Å². The SMILES string of the molecule is CCCc1cc(=O)oc2cc(OCC(=O)O[C@@H]3CC[C@]4(C)C(=CC[C@@H]5[C@H]4CC[C@@]4(C)[C@@H]([C@H](C)CCCC(C)C)CC[C@@H]54)C3)ccc12. The van der Waals surface area contributed by atoms with Crippen LogP contribution < -0.4 is 10.4 Å². The fourth-order valence-corrected chi connectivity index (χ4v) is 10.9. The summed E-state index contributed by atoms with van der Waals surface area (Å²) in [6.45, 7) is 14.4. The summed E-state index contributed by atoms with van der Waals surface area (Å²) in [5.74, 6) is 5.11. The van der Waals surface area contributed by atoms with Crippen molar-refractivity contribution >= 4 is 16.9 Å². The van der Waals surface area contributed by atoms with Crippen molar-refractivity contribution in [3.63, 3.8) is 0 Å². The van der Waals surface area contributed by atoms with E-state index in [1.165, 1.54) is 56.9 Å². The highest BCUT2D eigenvalue weighted by atomic mass is 16.6. The van der Waals surface area contributed by atoms with Crippen LogP contribution in [-0.2, 0) is 16.0 Å². The number of fused-ring (bicyclic) bond motifs is 6. The van der Waals surface area contributed by atoms with Gasteiger partial charge in [0.05, 0.1) is 0 Å². The summed E-state index contributed by atoms with van der Waals surface area (Å²) < 4.78 is 17.2. The molecule has 4 aliphatic rings. The summed E-state index contributed by atoms with van der Waals surface area (Å²) in [5.41, 5.74) is 3.37. The number of hydrogen-bond acceptors (Lipinski definition) is 5. The summed E-state index contributed by atoms with van der Waals surface area (Å²) in [6.07, 6.45) is 18.0. The quantitative estimate of drug-likeness (QED) is 0.140. The van der Waals surface area contributed by atoms with Gasteiger partial charge in [-0.05, 0) is 115 Å². The van der Waals surface area contributed by atoms with Crippen LogP contribution in [0, 0.1) is 46.3 Å². The number of benzene rings is 1. The summed E-state index contributed by atoms with van der Waals surface area (Å²) in [4.78, 5) is 25.0. The Morgan fingerprint density at radius 1 is 1.02 bits per heavy atom. The first-order valence-corrected chi connectivity index (χ1v) is 18.6. The molecule has 2 aromatic rings. The van der Waals surface area contributed by atoms with Crippen LogP contribution in [0.25, 0.3) is 11.0 Å². The van der Waals surface area contributed by atoms with E-state index in [2.05, 4.69) is 47.6 Å². The lowest BCUT2D eigenvalue weighted by molar-refractivity contribution is -0.153. The highest BCUT2D eigenvalue weighted by Crippen LogP contribution is 2.67.